The summed E-state index contributed by atoms with van der Waals surface area (Å²) in [5.74, 6) is 1.25. The molecule has 4 nitrogen and oxygen atoms in total. The molecule has 0 spiro atoms. The molecule has 2 unspecified atom stereocenters. The molecular weight excluding hydrogens is 206 g/mol. The van der Waals surface area contributed by atoms with Gasteiger partial charge in [-0.3, -0.25) is 9.59 Å². The van der Waals surface area contributed by atoms with Gasteiger partial charge in [-0.2, -0.15) is 0 Å². The number of ketones is 1. The summed E-state index contributed by atoms with van der Waals surface area (Å²) in [4.78, 5) is 22.9. The summed E-state index contributed by atoms with van der Waals surface area (Å²) >= 11 is 0. The van der Waals surface area contributed by atoms with E-state index in [1.54, 1.807) is 0 Å². The Morgan fingerprint density at radius 2 is 2.06 bits per heavy atom. The first-order chi connectivity index (χ1) is 7.33. The Bertz CT molecular complexity index is 335. The van der Waals surface area contributed by atoms with E-state index in [-0.39, 0.29) is 17.7 Å². The smallest absolute Gasteiger partial charge is 0.323 e. The second-order valence-corrected chi connectivity index (χ2v) is 4.94. The molecule has 1 rings (SSSR count). The van der Waals surface area contributed by atoms with Gasteiger partial charge < -0.3 is 10.1 Å². The maximum Gasteiger partial charge on any atom is 0.323 e. The quantitative estimate of drug-likeness (QED) is 0.421. The van der Waals surface area contributed by atoms with Crippen LogP contribution >= 0.6 is 0 Å². The highest BCUT2D eigenvalue weighted by molar-refractivity contribution is 5.97. The Balaban J connectivity index is 2.51. The summed E-state index contributed by atoms with van der Waals surface area (Å²) in [7, 11) is 0. The molecule has 2 atom stereocenters. The van der Waals surface area contributed by atoms with Crippen LogP contribution < -0.4 is 5.32 Å². The summed E-state index contributed by atoms with van der Waals surface area (Å²) in [6.45, 7) is 5.88. The van der Waals surface area contributed by atoms with Crippen LogP contribution in [0.2, 0.25) is 0 Å². The topological polar surface area (TPSA) is 55.4 Å². The van der Waals surface area contributed by atoms with E-state index in [2.05, 4.69) is 11.2 Å². The zero-order valence-corrected chi connectivity index (χ0v) is 9.87. The number of carbonyl (C=O) groups is 2. The van der Waals surface area contributed by atoms with E-state index in [0.717, 1.165) is 0 Å². The van der Waals surface area contributed by atoms with Crippen molar-refractivity contribution in [3.63, 3.8) is 0 Å². The second kappa shape index (κ2) is 4.67. The fourth-order valence-corrected chi connectivity index (χ4v) is 1.61. The van der Waals surface area contributed by atoms with Crippen LogP contribution in [0.3, 0.4) is 0 Å². The van der Waals surface area contributed by atoms with E-state index in [9.17, 15) is 9.59 Å². The summed E-state index contributed by atoms with van der Waals surface area (Å²) < 4.78 is 5.22. The van der Waals surface area contributed by atoms with Crippen molar-refractivity contribution in [1.29, 1.82) is 0 Å². The molecule has 1 aliphatic rings. The van der Waals surface area contributed by atoms with Crippen molar-refractivity contribution in [3.05, 3.63) is 0 Å². The first kappa shape index (κ1) is 12.7. The van der Waals surface area contributed by atoms with Crippen molar-refractivity contribution in [1.82, 2.24) is 5.32 Å². The largest absolute Gasteiger partial charge is 0.459 e. The molecule has 88 valence electrons. The number of esters is 1. The minimum absolute atomic E-state index is 0.251. The Morgan fingerprint density at radius 1 is 1.44 bits per heavy atom. The Labute approximate surface area is 95.7 Å². The fraction of sp³-hybridized carbons (Fsp3) is 0.667. The molecule has 1 heterocycles. The van der Waals surface area contributed by atoms with Crippen LogP contribution in [-0.4, -0.2) is 29.9 Å². The van der Waals surface area contributed by atoms with Crippen molar-refractivity contribution >= 4 is 11.8 Å². The lowest BCUT2D eigenvalue weighted by Crippen LogP contribution is -2.37. The molecule has 1 N–H and O–H groups in total. The maximum absolute atomic E-state index is 11.7. The summed E-state index contributed by atoms with van der Waals surface area (Å²) in [6.07, 6.45) is 5.46. The van der Waals surface area contributed by atoms with E-state index in [1.165, 1.54) is 0 Å². The molecule has 0 bridgehead atoms. The molecule has 0 aromatic rings. The number of Topliss-reactive ketones (excluding diaryl/α,β-unsaturated/α-hetero) is 1. The van der Waals surface area contributed by atoms with Gasteiger partial charge in [0.15, 0.2) is 0 Å². The van der Waals surface area contributed by atoms with Gasteiger partial charge in [0.25, 0.3) is 0 Å². The summed E-state index contributed by atoms with van der Waals surface area (Å²) in [5.41, 5.74) is -0.507. The average molecular weight is 223 g/mol. The van der Waals surface area contributed by atoms with Gasteiger partial charge >= 0.3 is 5.97 Å². The first-order valence-corrected chi connectivity index (χ1v) is 5.30. The van der Waals surface area contributed by atoms with E-state index in [1.807, 2.05) is 20.8 Å². The van der Waals surface area contributed by atoms with Gasteiger partial charge in [-0.15, -0.1) is 6.42 Å². The monoisotopic (exact) mass is 223 g/mol. The average Bonchev–Trinajstić information content (AvgIpc) is 2.62. The number of ether oxygens (including phenoxy) is 1. The lowest BCUT2D eigenvalue weighted by atomic mass is 10.0. The summed E-state index contributed by atoms with van der Waals surface area (Å²) in [6, 6.07) is -0.415. The molecule has 0 aromatic heterocycles. The number of terminal acetylenes is 1. The van der Waals surface area contributed by atoms with Crippen molar-refractivity contribution in [3.8, 4) is 12.3 Å². The molecule has 0 aromatic carbocycles. The van der Waals surface area contributed by atoms with Gasteiger partial charge in [0.2, 0.25) is 5.78 Å². The third-order valence-electron chi connectivity index (χ3n) is 2.34. The van der Waals surface area contributed by atoms with Gasteiger partial charge in [-0.1, -0.05) is 0 Å². The van der Waals surface area contributed by atoms with Crippen LogP contribution in [0, 0.1) is 18.3 Å². The Hall–Kier alpha value is -1.34. The Morgan fingerprint density at radius 3 is 2.56 bits per heavy atom. The highest BCUT2D eigenvalue weighted by Crippen LogP contribution is 2.18. The lowest BCUT2D eigenvalue weighted by molar-refractivity contribution is -0.157. The molecule has 16 heavy (non-hydrogen) atoms. The number of rotatable bonds is 2. The molecule has 0 amide bonds. The molecule has 1 fully saturated rings. The molecule has 4 heteroatoms. The molecule has 0 saturated carbocycles. The predicted molar refractivity (Wildman–Crippen MR) is 59.6 cm³/mol. The van der Waals surface area contributed by atoms with Gasteiger partial charge in [0.1, 0.15) is 11.6 Å². The molecule has 0 aliphatic carbocycles. The van der Waals surface area contributed by atoms with Gasteiger partial charge in [-0.05, 0) is 33.1 Å². The highest BCUT2D eigenvalue weighted by Gasteiger charge is 2.35. The van der Waals surface area contributed by atoms with Gasteiger partial charge in [0.05, 0.1) is 0 Å². The standard InChI is InChI=1S/C12H17NO3/c1-5-10(14)8-6-9(13-7-8)11(15)16-12(2,3)4/h1,8-9,13H,6-7H2,2-4H3. The van der Waals surface area contributed by atoms with Crippen LogP contribution in [0.1, 0.15) is 27.2 Å². The molecule has 0 radical (unpaired) electrons. The van der Waals surface area contributed by atoms with Gasteiger partial charge in [-0.25, -0.2) is 0 Å². The minimum atomic E-state index is -0.507. The number of hydrogen-bond acceptors (Lipinski definition) is 4. The van der Waals surface area contributed by atoms with Crippen LogP contribution in [0.15, 0.2) is 0 Å². The van der Waals surface area contributed by atoms with Gasteiger partial charge in [0, 0.05) is 12.5 Å². The fourth-order valence-electron chi connectivity index (χ4n) is 1.61. The lowest BCUT2D eigenvalue weighted by Gasteiger charge is -2.21. The van der Waals surface area contributed by atoms with Crippen LogP contribution in [0.4, 0.5) is 0 Å². The second-order valence-electron chi connectivity index (χ2n) is 4.94. The van der Waals surface area contributed by atoms with Crippen LogP contribution in [0.5, 0.6) is 0 Å². The summed E-state index contributed by atoms with van der Waals surface area (Å²) in [5, 5.41) is 2.95. The number of hydrogen-bond donors (Lipinski definition) is 1. The van der Waals surface area contributed by atoms with Crippen molar-refractivity contribution in [2.45, 2.75) is 38.8 Å². The number of carbonyl (C=O) groups excluding carboxylic acids is 2. The third kappa shape index (κ3) is 3.35. The van der Waals surface area contributed by atoms with Crippen LogP contribution in [0.25, 0.3) is 0 Å². The molecule has 1 aliphatic heterocycles. The minimum Gasteiger partial charge on any atom is -0.459 e. The third-order valence-corrected chi connectivity index (χ3v) is 2.34. The molecular formula is C12H17NO3. The molecule has 1 saturated heterocycles. The SMILES string of the molecule is C#CC(=O)C1CNC(C(=O)OC(C)(C)C)C1. The van der Waals surface area contributed by atoms with E-state index in [0.29, 0.717) is 13.0 Å². The zero-order valence-electron chi connectivity index (χ0n) is 9.87. The Kier molecular flexibility index (Phi) is 3.71. The van der Waals surface area contributed by atoms with Crippen molar-refractivity contribution in [2.24, 2.45) is 5.92 Å². The predicted octanol–water partition coefficient (Wildman–Crippen LogP) is 0.508. The van der Waals surface area contributed by atoms with E-state index < -0.39 is 11.6 Å². The van der Waals surface area contributed by atoms with Crippen LogP contribution in [-0.2, 0) is 14.3 Å². The van der Waals surface area contributed by atoms with E-state index in [4.69, 9.17) is 11.2 Å². The van der Waals surface area contributed by atoms with Crippen molar-refractivity contribution in [2.75, 3.05) is 6.54 Å². The zero-order chi connectivity index (χ0) is 12.3. The number of nitrogens with one attached hydrogen (secondary N) is 1. The first-order valence-electron chi connectivity index (χ1n) is 5.30. The maximum atomic E-state index is 11.7. The highest BCUT2D eigenvalue weighted by atomic mass is 16.6. The normalized spacial score (nSPS) is 24.9. The van der Waals surface area contributed by atoms with Crippen molar-refractivity contribution < 1.29 is 14.3 Å². The van der Waals surface area contributed by atoms with E-state index >= 15 is 0 Å².